The molecule has 2 aliphatic rings. The Kier molecular flexibility index (Phi) is 2.10. The number of amides is 2. The molecular weight excluding hydrogens is 218 g/mol. The monoisotopic (exact) mass is 231 g/mol. The van der Waals surface area contributed by atoms with Crippen molar-refractivity contribution >= 4 is 11.8 Å². The van der Waals surface area contributed by atoms with Crippen LogP contribution >= 0.6 is 0 Å². The molecule has 1 fully saturated rings. The highest BCUT2D eigenvalue weighted by Crippen LogP contribution is 2.41. The van der Waals surface area contributed by atoms with E-state index in [0.717, 1.165) is 17.5 Å². The topological polar surface area (TPSA) is 55.4 Å². The van der Waals surface area contributed by atoms with Crippen LogP contribution in [0.15, 0.2) is 18.2 Å². The second-order valence-corrected chi connectivity index (χ2v) is 4.65. The van der Waals surface area contributed by atoms with Gasteiger partial charge in [-0.05, 0) is 30.9 Å². The minimum absolute atomic E-state index is 0.0426. The van der Waals surface area contributed by atoms with Gasteiger partial charge in [0.05, 0.1) is 0 Å². The molecule has 4 heteroatoms. The van der Waals surface area contributed by atoms with Crippen LogP contribution in [0.2, 0.25) is 0 Å². The van der Waals surface area contributed by atoms with Gasteiger partial charge in [-0.2, -0.15) is 0 Å². The second kappa shape index (κ2) is 3.40. The van der Waals surface area contributed by atoms with E-state index in [9.17, 15) is 9.59 Å². The Labute approximate surface area is 99.0 Å². The van der Waals surface area contributed by atoms with Gasteiger partial charge in [-0.1, -0.05) is 23.8 Å². The van der Waals surface area contributed by atoms with E-state index in [1.807, 2.05) is 19.1 Å². The van der Waals surface area contributed by atoms with Crippen molar-refractivity contribution in [1.29, 1.82) is 0 Å². The number of hydrogen-bond acceptors (Lipinski definition) is 3. The van der Waals surface area contributed by atoms with Gasteiger partial charge in [-0.25, -0.2) is 0 Å². The third-order valence-corrected chi connectivity index (χ3v) is 3.51. The van der Waals surface area contributed by atoms with Gasteiger partial charge in [0.2, 0.25) is 0 Å². The van der Waals surface area contributed by atoms with E-state index in [0.29, 0.717) is 6.42 Å². The van der Waals surface area contributed by atoms with Gasteiger partial charge >= 0.3 is 0 Å². The zero-order chi connectivity index (χ0) is 12.0. The summed E-state index contributed by atoms with van der Waals surface area (Å²) in [4.78, 5) is 23.1. The minimum Gasteiger partial charge on any atom is -0.351 e. The summed E-state index contributed by atoms with van der Waals surface area (Å²) in [6.45, 7) is 1.98. The molecule has 88 valence electrons. The third-order valence-electron chi connectivity index (χ3n) is 3.51. The van der Waals surface area contributed by atoms with Gasteiger partial charge in [0.25, 0.3) is 11.8 Å². The average Bonchev–Trinajstić information content (AvgIpc) is 2.64. The Morgan fingerprint density at radius 1 is 1.35 bits per heavy atom. The second-order valence-electron chi connectivity index (χ2n) is 4.65. The van der Waals surface area contributed by atoms with Crippen molar-refractivity contribution in [3.05, 3.63) is 34.9 Å². The molecule has 1 aliphatic heterocycles. The van der Waals surface area contributed by atoms with Crippen molar-refractivity contribution in [2.24, 2.45) is 0 Å². The summed E-state index contributed by atoms with van der Waals surface area (Å²) in [5, 5.41) is 2.36. The van der Waals surface area contributed by atoms with Gasteiger partial charge in [0.15, 0.2) is 5.60 Å². The maximum Gasteiger partial charge on any atom is 0.263 e. The van der Waals surface area contributed by atoms with Crippen molar-refractivity contribution < 1.29 is 14.3 Å². The van der Waals surface area contributed by atoms with Crippen molar-refractivity contribution in [3.63, 3.8) is 0 Å². The molecule has 1 N–H and O–H groups in total. The molecule has 0 bridgehead atoms. The first-order valence-electron chi connectivity index (χ1n) is 5.70. The molecule has 0 saturated carbocycles. The van der Waals surface area contributed by atoms with Crippen LogP contribution in [-0.4, -0.2) is 18.4 Å². The standard InChI is InChI=1S/C13H13NO3/c1-8-2-3-10-9(6-8)4-5-13(10)12(16)14-11(15)7-17-13/h2-3,6H,4-5,7H2,1H3,(H,14,15,16)/t13-/m1/s1. The molecular formula is C13H13NO3. The molecule has 1 saturated heterocycles. The zero-order valence-corrected chi connectivity index (χ0v) is 9.58. The Bertz CT molecular complexity index is 523. The van der Waals surface area contributed by atoms with Crippen molar-refractivity contribution in [3.8, 4) is 0 Å². The van der Waals surface area contributed by atoms with E-state index >= 15 is 0 Å². The van der Waals surface area contributed by atoms with E-state index < -0.39 is 5.60 Å². The van der Waals surface area contributed by atoms with Crippen LogP contribution in [0.3, 0.4) is 0 Å². The highest BCUT2D eigenvalue weighted by molar-refractivity contribution is 6.03. The number of hydrogen-bond donors (Lipinski definition) is 1. The number of rotatable bonds is 0. The molecule has 1 atom stereocenters. The lowest BCUT2D eigenvalue weighted by Crippen LogP contribution is -2.54. The first-order chi connectivity index (χ1) is 8.12. The van der Waals surface area contributed by atoms with Gasteiger partial charge in [0.1, 0.15) is 6.61 Å². The molecule has 1 aliphatic carbocycles. The van der Waals surface area contributed by atoms with E-state index in [4.69, 9.17) is 4.74 Å². The summed E-state index contributed by atoms with van der Waals surface area (Å²) >= 11 is 0. The number of carbonyl (C=O) groups is 2. The number of imide groups is 1. The Morgan fingerprint density at radius 3 is 2.94 bits per heavy atom. The number of nitrogens with one attached hydrogen (secondary N) is 1. The normalized spacial score (nSPS) is 27.1. The first-order valence-corrected chi connectivity index (χ1v) is 5.70. The van der Waals surface area contributed by atoms with Crippen molar-refractivity contribution in [2.75, 3.05) is 6.61 Å². The summed E-state index contributed by atoms with van der Waals surface area (Å²) in [6, 6.07) is 5.99. The molecule has 0 aromatic heterocycles. The molecule has 1 heterocycles. The van der Waals surface area contributed by atoms with E-state index in [-0.39, 0.29) is 18.4 Å². The molecule has 2 amide bonds. The SMILES string of the molecule is Cc1ccc2c(c1)CC[C@@]21OCC(=O)NC1=O. The molecule has 0 radical (unpaired) electrons. The zero-order valence-electron chi connectivity index (χ0n) is 9.58. The van der Waals surface area contributed by atoms with Crippen LogP contribution in [0.4, 0.5) is 0 Å². The molecule has 4 nitrogen and oxygen atoms in total. The molecule has 1 aromatic rings. The summed E-state index contributed by atoms with van der Waals surface area (Å²) < 4.78 is 5.56. The highest BCUT2D eigenvalue weighted by Gasteiger charge is 2.49. The van der Waals surface area contributed by atoms with Gasteiger partial charge in [-0.3, -0.25) is 14.9 Å². The van der Waals surface area contributed by atoms with Crippen LogP contribution in [0, 0.1) is 6.92 Å². The smallest absolute Gasteiger partial charge is 0.263 e. The summed E-state index contributed by atoms with van der Waals surface area (Å²) in [7, 11) is 0. The number of benzene rings is 1. The van der Waals surface area contributed by atoms with Gasteiger partial charge in [-0.15, -0.1) is 0 Å². The largest absolute Gasteiger partial charge is 0.351 e. The minimum atomic E-state index is -0.934. The van der Waals surface area contributed by atoms with Crippen LogP contribution in [0.25, 0.3) is 0 Å². The highest BCUT2D eigenvalue weighted by atomic mass is 16.5. The van der Waals surface area contributed by atoms with Crippen LogP contribution in [0.5, 0.6) is 0 Å². The lowest BCUT2D eigenvalue weighted by Gasteiger charge is -2.32. The number of morpholine rings is 1. The number of aryl methyl sites for hydroxylation is 2. The van der Waals surface area contributed by atoms with Crippen molar-refractivity contribution in [1.82, 2.24) is 5.32 Å². The predicted molar refractivity (Wildman–Crippen MR) is 60.3 cm³/mol. The average molecular weight is 231 g/mol. The number of carbonyl (C=O) groups excluding carboxylic acids is 2. The van der Waals surface area contributed by atoms with Crippen molar-refractivity contribution in [2.45, 2.75) is 25.4 Å². The fourth-order valence-electron chi connectivity index (χ4n) is 2.67. The maximum atomic E-state index is 12.0. The van der Waals surface area contributed by atoms with Crippen LogP contribution in [0.1, 0.15) is 23.1 Å². The fourth-order valence-corrected chi connectivity index (χ4v) is 2.67. The lowest BCUT2D eigenvalue weighted by atomic mass is 9.93. The molecule has 1 spiro atoms. The van der Waals surface area contributed by atoms with E-state index in [1.54, 1.807) is 0 Å². The molecule has 17 heavy (non-hydrogen) atoms. The van der Waals surface area contributed by atoms with Gasteiger partial charge < -0.3 is 4.74 Å². The summed E-state index contributed by atoms with van der Waals surface area (Å²) in [6.07, 6.45) is 1.43. The lowest BCUT2D eigenvalue weighted by molar-refractivity contribution is -0.165. The van der Waals surface area contributed by atoms with E-state index in [2.05, 4.69) is 11.4 Å². The summed E-state index contributed by atoms with van der Waals surface area (Å²) in [5.74, 6) is -0.683. The number of fused-ring (bicyclic) bond motifs is 2. The molecule has 3 rings (SSSR count). The Balaban J connectivity index is 2.07. The quantitative estimate of drug-likeness (QED) is 0.672. The molecule has 1 aromatic carbocycles. The van der Waals surface area contributed by atoms with Crippen LogP contribution < -0.4 is 5.32 Å². The predicted octanol–water partition coefficient (Wildman–Crippen LogP) is 0.810. The first kappa shape index (κ1) is 10.5. The fraction of sp³-hybridized carbons (Fsp3) is 0.385. The third kappa shape index (κ3) is 1.41. The van der Waals surface area contributed by atoms with Gasteiger partial charge in [0, 0.05) is 0 Å². The Morgan fingerprint density at radius 2 is 2.18 bits per heavy atom. The van der Waals surface area contributed by atoms with Crippen LogP contribution in [-0.2, 0) is 26.3 Å². The van der Waals surface area contributed by atoms with E-state index in [1.165, 1.54) is 5.56 Å². The number of ether oxygens (including phenoxy) is 1. The summed E-state index contributed by atoms with van der Waals surface area (Å²) in [5.41, 5.74) is 2.30. The maximum absolute atomic E-state index is 12.0. The Hall–Kier alpha value is -1.68. The molecule has 0 unspecified atom stereocenters.